The zero-order valence-corrected chi connectivity index (χ0v) is 12.2. The van der Waals surface area contributed by atoms with E-state index in [1.54, 1.807) is 24.3 Å². The van der Waals surface area contributed by atoms with Gasteiger partial charge in [-0.3, -0.25) is 0 Å². The number of hydrogen-bond donors (Lipinski definition) is 1. The molecule has 0 radical (unpaired) electrons. The fourth-order valence-corrected chi connectivity index (χ4v) is 2.00. The van der Waals surface area contributed by atoms with E-state index >= 15 is 0 Å². The minimum Gasteiger partial charge on any atom is -0.489 e. The Balaban J connectivity index is 2.15. The van der Waals surface area contributed by atoms with Gasteiger partial charge in [-0.25, -0.2) is 4.79 Å². The van der Waals surface area contributed by atoms with Gasteiger partial charge in [0, 0.05) is 0 Å². The van der Waals surface area contributed by atoms with Crippen molar-refractivity contribution < 1.29 is 14.6 Å². The Morgan fingerprint density at radius 1 is 1.15 bits per heavy atom. The average molecular weight is 311 g/mol. The Morgan fingerprint density at radius 2 is 1.90 bits per heavy atom. The molecule has 5 heteroatoms. The number of aryl methyl sites for hydroxylation is 1. The molecule has 0 saturated carbocycles. The molecule has 20 heavy (non-hydrogen) atoms. The number of aromatic carboxylic acids is 1. The predicted octanol–water partition coefficient (Wildman–Crippen LogP) is 4.58. The summed E-state index contributed by atoms with van der Waals surface area (Å²) >= 11 is 11.8. The van der Waals surface area contributed by atoms with Gasteiger partial charge in [-0.15, -0.1) is 0 Å². The molecule has 0 unspecified atom stereocenters. The van der Waals surface area contributed by atoms with Crippen LogP contribution in [-0.4, -0.2) is 11.1 Å². The van der Waals surface area contributed by atoms with E-state index < -0.39 is 5.97 Å². The van der Waals surface area contributed by atoms with Crippen LogP contribution in [0.2, 0.25) is 10.0 Å². The normalized spacial score (nSPS) is 10.3. The largest absolute Gasteiger partial charge is 0.489 e. The molecular formula is C15H12Cl2O3. The maximum absolute atomic E-state index is 10.9. The van der Waals surface area contributed by atoms with Crippen molar-refractivity contribution in [2.75, 3.05) is 0 Å². The first-order chi connectivity index (χ1) is 9.47. The smallest absolute Gasteiger partial charge is 0.335 e. The van der Waals surface area contributed by atoms with Crippen molar-refractivity contribution in [1.82, 2.24) is 0 Å². The standard InChI is InChI=1S/C15H12Cl2O3/c1-9-2-4-11(15(18)19)7-14(9)20-8-10-3-5-12(16)13(17)6-10/h2-7H,8H2,1H3,(H,18,19). The molecular weight excluding hydrogens is 299 g/mol. The van der Waals surface area contributed by atoms with Gasteiger partial charge in [-0.2, -0.15) is 0 Å². The van der Waals surface area contributed by atoms with Gasteiger partial charge in [0.2, 0.25) is 0 Å². The number of carboxylic acid groups (broad SMARTS) is 1. The summed E-state index contributed by atoms with van der Waals surface area (Å²) in [6.45, 7) is 2.15. The lowest BCUT2D eigenvalue weighted by Crippen LogP contribution is -2.01. The van der Waals surface area contributed by atoms with Crippen LogP contribution in [0.25, 0.3) is 0 Å². The van der Waals surface area contributed by atoms with Crippen molar-refractivity contribution in [3.05, 3.63) is 63.1 Å². The quantitative estimate of drug-likeness (QED) is 0.899. The summed E-state index contributed by atoms with van der Waals surface area (Å²) in [7, 11) is 0. The summed E-state index contributed by atoms with van der Waals surface area (Å²) < 4.78 is 5.64. The third kappa shape index (κ3) is 3.44. The van der Waals surface area contributed by atoms with Crippen LogP contribution in [0.15, 0.2) is 36.4 Å². The summed E-state index contributed by atoms with van der Waals surface area (Å²) in [5.74, 6) is -0.444. The van der Waals surface area contributed by atoms with E-state index in [0.29, 0.717) is 22.4 Å². The first kappa shape index (κ1) is 14.7. The molecule has 0 bridgehead atoms. The van der Waals surface area contributed by atoms with Crippen molar-refractivity contribution in [2.24, 2.45) is 0 Å². The molecule has 2 aromatic rings. The van der Waals surface area contributed by atoms with Crippen molar-refractivity contribution in [2.45, 2.75) is 13.5 Å². The summed E-state index contributed by atoms with van der Waals surface area (Å²) in [4.78, 5) is 10.9. The number of ether oxygens (including phenoxy) is 1. The van der Waals surface area contributed by atoms with Gasteiger partial charge in [0.05, 0.1) is 15.6 Å². The minimum absolute atomic E-state index is 0.194. The van der Waals surface area contributed by atoms with Gasteiger partial charge in [-0.05, 0) is 42.3 Å². The van der Waals surface area contributed by atoms with Crippen LogP contribution in [0.3, 0.4) is 0 Å². The highest BCUT2D eigenvalue weighted by atomic mass is 35.5. The van der Waals surface area contributed by atoms with E-state index in [9.17, 15) is 4.79 Å². The second kappa shape index (κ2) is 6.16. The summed E-state index contributed by atoms with van der Waals surface area (Å²) in [6.07, 6.45) is 0. The molecule has 2 rings (SSSR count). The number of carbonyl (C=O) groups is 1. The van der Waals surface area contributed by atoms with Crippen LogP contribution in [0.1, 0.15) is 21.5 Å². The van der Waals surface area contributed by atoms with Crippen LogP contribution in [0.4, 0.5) is 0 Å². The van der Waals surface area contributed by atoms with Gasteiger partial charge in [-0.1, -0.05) is 35.3 Å². The highest BCUT2D eigenvalue weighted by molar-refractivity contribution is 6.42. The monoisotopic (exact) mass is 310 g/mol. The van der Waals surface area contributed by atoms with E-state index in [1.807, 2.05) is 13.0 Å². The summed E-state index contributed by atoms with van der Waals surface area (Å²) in [5.41, 5.74) is 1.93. The van der Waals surface area contributed by atoms with Gasteiger partial charge in [0.25, 0.3) is 0 Å². The Bertz CT molecular complexity index is 654. The lowest BCUT2D eigenvalue weighted by atomic mass is 10.1. The summed E-state index contributed by atoms with van der Waals surface area (Å²) in [5, 5.41) is 9.91. The molecule has 0 atom stereocenters. The van der Waals surface area contributed by atoms with E-state index in [0.717, 1.165) is 11.1 Å². The van der Waals surface area contributed by atoms with Gasteiger partial charge >= 0.3 is 5.97 Å². The fraction of sp³-hybridized carbons (Fsp3) is 0.133. The molecule has 2 aromatic carbocycles. The number of carboxylic acids is 1. The number of halogens is 2. The van der Waals surface area contributed by atoms with E-state index in [2.05, 4.69) is 0 Å². The van der Waals surface area contributed by atoms with E-state index in [4.69, 9.17) is 33.0 Å². The van der Waals surface area contributed by atoms with Gasteiger partial charge in [0.15, 0.2) is 0 Å². The SMILES string of the molecule is Cc1ccc(C(=O)O)cc1OCc1ccc(Cl)c(Cl)c1. The van der Waals surface area contributed by atoms with Crippen LogP contribution in [0, 0.1) is 6.92 Å². The molecule has 0 spiro atoms. The summed E-state index contributed by atoms with van der Waals surface area (Å²) in [6, 6.07) is 10.0. The average Bonchev–Trinajstić information content (AvgIpc) is 2.41. The van der Waals surface area contributed by atoms with Crippen molar-refractivity contribution >= 4 is 29.2 Å². The van der Waals surface area contributed by atoms with Crippen molar-refractivity contribution in [3.63, 3.8) is 0 Å². The molecule has 104 valence electrons. The van der Waals surface area contributed by atoms with Gasteiger partial charge in [0.1, 0.15) is 12.4 Å². The lowest BCUT2D eigenvalue weighted by Gasteiger charge is -2.10. The first-order valence-corrected chi connectivity index (χ1v) is 6.63. The topological polar surface area (TPSA) is 46.5 Å². The Labute approximate surface area is 126 Å². The number of hydrogen-bond acceptors (Lipinski definition) is 2. The molecule has 0 aliphatic carbocycles. The molecule has 0 amide bonds. The second-order valence-electron chi connectivity index (χ2n) is 4.32. The third-order valence-electron chi connectivity index (χ3n) is 2.81. The zero-order chi connectivity index (χ0) is 14.7. The highest BCUT2D eigenvalue weighted by Gasteiger charge is 2.08. The van der Waals surface area contributed by atoms with Gasteiger partial charge < -0.3 is 9.84 Å². The molecule has 0 fully saturated rings. The maximum Gasteiger partial charge on any atom is 0.335 e. The second-order valence-corrected chi connectivity index (χ2v) is 5.14. The molecule has 0 aliphatic rings. The minimum atomic E-state index is -0.982. The molecule has 0 saturated heterocycles. The van der Waals surface area contributed by atoms with Crippen LogP contribution in [0.5, 0.6) is 5.75 Å². The third-order valence-corrected chi connectivity index (χ3v) is 3.55. The number of benzene rings is 2. The first-order valence-electron chi connectivity index (χ1n) is 5.88. The molecule has 0 heterocycles. The van der Waals surface area contributed by atoms with Crippen molar-refractivity contribution in [1.29, 1.82) is 0 Å². The van der Waals surface area contributed by atoms with Crippen LogP contribution in [-0.2, 0) is 6.61 Å². The van der Waals surface area contributed by atoms with Crippen LogP contribution < -0.4 is 4.74 Å². The Hall–Kier alpha value is -1.71. The van der Waals surface area contributed by atoms with E-state index in [-0.39, 0.29) is 5.56 Å². The maximum atomic E-state index is 10.9. The van der Waals surface area contributed by atoms with Crippen LogP contribution >= 0.6 is 23.2 Å². The molecule has 1 N–H and O–H groups in total. The number of rotatable bonds is 4. The molecule has 0 aromatic heterocycles. The highest BCUT2D eigenvalue weighted by Crippen LogP contribution is 2.25. The Kier molecular flexibility index (Phi) is 4.53. The van der Waals surface area contributed by atoms with Crippen molar-refractivity contribution in [3.8, 4) is 5.75 Å². The molecule has 3 nitrogen and oxygen atoms in total. The molecule has 0 aliphatic heterocycles. The predicted molar refractivity (Wildman–Crippen MR) is 78.9 cm³/mol. The van der Waals surface area contributed by atoms with E-state index in [1.165, 1.54) is 6.07 Å². The fourth-order valence-electron chi connectivity index (χ4n) is 1.68. The lowest BCUT2D eigenvalue weighted by molar-refractivity contribution is 0.0696. The Morgan fingerprint density at radius 3 is 2.55 bits per heavy atom. The zero-order valence-electron chi connectivity index (χ0n) is 10.7.